The van der Waals surface area contributed by atoms with Gasteiger partial charge in [0.25, 0.3) is 0 Å². The van der Waals surface area contributed by atoms with Crippen molar-refractivity contribution in [3.63, 3.8) is 0 Å². The van der Waals surface area contributed by atoms with Crippen LogP contribution in [0.25, 0.3) is 0 Å². The van der Waals surface area contributed by atoms with Gasteiger partial charge in [0.1, 0.15) is 18.7 Å². The number of sulfonamides is 1. The molecule has 8 nitrogen and oxygen atoms in total. The molecular weight excluding hydrogens is 344 g/mol. The average molecular weight is 366 g/mol. The van der Waals surface area contributed by atoms with Gasteiger partial charge in [0, 0.05) is 32.3 Å². The third-order valence-corrected chi connectivity index (χ3v) is 6.31. The predicted molar refractivity (Wildman–Crippen MR) is 90.8 cm³/mol. The molecule has 0 atom stereocenters. The van der Waals surface area contributed by atoms with E-state index in [2.05, 4.69) is 10.2 Å². The lowest BCUT2D eigenvalue weighted by molar-refractivity contribution is 0.167. The zero-order valence-corrected chi connectivity index (χ0v) is 15.1. The SMILES string of the molecule is COCc1nncn1C1CCN(S(=O)(=O)c2cccc(OC)c2)CC1. The molecule has 0 bridgehead atoms. The number of piperidine rings is 1. The highest BCUT2D eigenvalue weighted by Crippen LogP contribution is 2.28. The van der Waals surface area contributed by atoms with Gasteiger partial charge < -0.3 is 14.0 Å². The summed E-state index contributed by atoms with van der Waals surface area (Å²) in [4.78, 5) is 0.259. The van der Waals surface area contributed by atoms with E-state index >= 15 is 0 Å². The van der Waals surface area contributed by atoms with Gasteiger partial charge in [0.2, 0.25) is 10.0 Å². The molecule has 9 heteroatoms. The van der Waals surface area contributed by atoms with Crippen molar-refractivity contribution < 1.29 is 17.9 Å². The minimum atomic E-state index is -3.52. The molecule has 2 aromatic rings. The van der Waals surface area contributed by atoms with E-state index < -0.39 is 10.0 Å². The molecule has 0 unspecified atom stereocenters. The van der Waals surface area contributed by atoms with E-state index in [1.54, 1.807) is 37.7 Å². The predicted octanol–water partition coefficient (Wildman–Crippen LogP) is 1.46. The molecular formula is C16H22N4O4S. The average Bonchev–Trinajstić information content (AvgIpc) is 3.10. The number of hydrogen-bond acceptors (Lipinski definition) is 6. The Bertz CT molecular complexity index is 813. The van der Waals surface area contributed by atoms with Gasteiger partial charge in [0.05, 0.1) is 12.0 Å². The van der Waals surface area contributed by atoms with Crippen molar-refractivity contribution in [1.29, 1.82) is 0 Å². The molecule has 136 valence electrons. The van der Waals surface area contributed by atoms with Crippen LogP contribution >= 0.6 is 0 Å². The van der Waals surface area contributed by atoms with E-state index in [-0.39, 0.29) is 10.9 Å². The van der Waals surface area contributed by atoms with Crippen molar-refractivity contribution in [2.24, 2.45) is 0 Å². The zero-order chi connectivity index (χ0) is 17.9. The molecule has 1 fully saturated rings. The summed E-state index contributed by atoms with van der Waals surface area (Å²) < 4.78 is 39.4. The van der Waals surface area contributed by atoms with Crippen LogP contribution in [0.4, 0.5) is 0 Å². The third-order valence-electron chi connectivity index (χ3n) is 4.42. The molecule has 0 amide bonds. The fraction of sp³-hybridized carbons (Fsp3) is 0.500. The van der Waals surface area contributed by atoms with Crippen LogP contribution in [-0.4, -0.2) is 54.8 Å². The van der Waals surface area contributed by atoms with Crippen LogP contribution in [0.5, 0.6) is 5.75 Å². The molecule has 0 aliphatic carbocycles. The van der Waals surface area contributed by atoms with Gasteiger partial charge in [-0.3, -0.25) is 0 Å². The first-order valence-corrected chi connectivity index (χ1v) is 9.52. The highest BCUT2D eigenvalue weighted by Gasteiger charge is 2.31. The number of rotatable bonds is 6. The first kappa shape index (κ1) is 17.8. The molecule has 0 spiro atoms. The Labute approximate surface area is 147 Å². The quantitative estimate of drug-likeness (QED) is 0.769. The van der Waals surface area contributed by atoms with Crippen LogP contribution in [0, 0.1) is 0 Å². The molecule has 0 N–H and O–H groups in total. The molecule has 0 saturated carbocycles. The van der Waals surface area contributed by atoms with E-state index in [0.717, 1.165) is 5.82 Å². The number of hydrogen-bond donors (Lipinski definition) is 0. The first-order valence-electron chi connectivity index (χ1n) is 8.08. The van der Waals surface area contributed by atoms with Crippen LogP contribution < -0.4 is 4.74 Å². The topological polar surface area (TPSA) is 86.6 Å². The standard InChI is InChI=1S/C16H22N4O4S/c1-23-11-16-18-17-12-20(16)13-6-8-19(9-7-13)25(21,22)15-5-3-4-14(10-15)24-2/h3-5,10,12-13H,6-9,11H2,1-2H3. The van der Waals surface area contributed by atoms with Gasteiger partial charge >= 0.3 is 0 Å². The first-order chi connectivity index (χ1) is 12.1. The molecule has 25 heavy (non-hydrogen) atoms. The second-order valence-corrected chi connectivity index (χ2v) is 7.84. The maximum atomic E-state index is 12.8. The fourth-order valence-electron chi connectivity index (χ4n) is 3.08. The molecule has 1 saturated heterocycles. The Morgan fingerprint density at radius 3 is 2.68 bits per heavy atom. The van der Waals surface area contributed by atoms with E-state index in [1.165, 1.54) is 11.4 Å². The van der Waals surface area contributed by atoms with E-state index in [9.17, 15) is 8.42 Å². The van der Waals surface area contributed by atoms with Crippen molar-refractivity contribution in [3.8, 4) is 5.75 Å². The Hall–Kier alpha value is -1.97. The van der Waals surface area contributed by atoms with E-state index in [1.807, 2.05) is 4.57 Å². The Kier molecular flexibility index (Phi) is 5.36. The molecule has 0 radical (unpaired) electrons. The van der Waals surface area contributed by atoms with Crippen LogP contribution in [0.3, 0.4) is 0 Å². The van der Waals surface area contributed by atoms with Crippen LogP contribution in [0.1, 0.15) is 24.7 Å². The lowest BCUT2D eigenvalue weighted by atomic mass is 10.1. The van der Waals surface area contributed by atoms with Crippen molar-refractivity contribution >= 4 is 10.0 Å². The second-order valence-electron chi connectivity index (χ2n) is 5.90. The van der Waals surface area contributed by atoms with Crippen LogP contribution in [0.2, 0.25) is 0 Å². The summed E-state index contributed by atoms with van der Waals surface area (Å²) in [5.41, 5.74) is 0. The monoisotopic (exact) mass is 366 g/mol. The minimum absolute atomic E-state index is 0.178. The largest absolute Gasteiger partial charge is 0.497 e. The molecule has 1 aliphatic rings. The summed E-state index contributed by atoms with van der Waals surface area (Å²) >= 11 is 0. The fourth-order valence-corrected chi connectivity index (χ4v) is 4.58. The summed E-state index contributed by atoms with van der Waals surface area (Å²) in [5.74, 6) is 1.29. The Morgan fingerprint density at radius 1 is 1.24 bits per heavy atom. The number of nitrogens with zero attached hydrogens (tertiary/aromatic N) is 4. The maximum Gasteiger partial charge on any atom is 0.243 e. The lowest BCUT2D eigenvalue weighted by Gasteiger charge is -2.32. The third kappa shape index (κ3) is 3.68. The minimum Gasteiger partial charge on any atom is -0.497 e. The van der Waals surface area contributed by atoms with E-state index in [4.69, 9.17) is 9.47 Å². The highest BCUT2D eigenvalue weighted by molar-refractivity contribution is 7.89. The molecule has 1 aromatic heterocycles. The van der Waals surface area contributed by atoms with Gasteiger partial charge in [-0.2, -0.15) is 4.31 Å². The normalized spacial score (nSPS) is 16.9. The Balaban J connectivity index is 1.72. The van der Waals surface area contributed by atoms with Gasteiger partial charge in [0.15, 0.2) is 5.82 Å². The maximum absolute atomic E-state index is 12.8. The molecule has 2 heterocycles. The Morgan fingerprint density at radius 2 is 2.00 bits per heavy atom. The van der Waals surface area contributed by atoms with Crippen LogP contribution in [-0.2, 0) is 21.4 Å². The summed E-state index contributed by atoms with van der Waals surface area (Å²) in [7, 11) is -0.384. The number of ether oxygens (including phenoxy) is 2. The molecule has 1 aliphatic heterocycles. The van der Waals surface area contributed by atoms with Crippen LogP contribution in [0.15, 0.2) is 35.5 Å². The van der Waals surface area contributed by atoms with Gasteiger partial charge in [-0.1, -0.05) is 6.07 Å². The molecule has 1 aromatic carbocycles. The summed E-state index contributed by atoms with van der Waals surface area (Å²) in [6, 6.07) is 6.75. The van der Waals surface area contributed by atoms with Gasteiger partial charge in [-0.25, -0.2) is 8.42 Å². The van der Waals surface area contributed by atoms with Crippen molar-refractivity contribution in [3.05, 3.63) is 36.4 Å². The van der Waals surface area contributed by atoms with Crippen molar-refractivity contribution in [2.45, 2.75) is 30.4 Å². The number of aromatic nitrogens is 3. The van der Waals surface area contributed by atoms with E-state index in [0.29, 0.717) is 38.3 Å². The van der Waals surface area contributed by atoms with Gasteiger partial charge in [-0.15, -0.1) is 10.2 Å². The number of benzene rings is 1. The lowest BCUT2D eigenvalue weighted by Crippen LogP contribution is -2.39. The zero-order valence-electron chi connectivity index (χ0n) is 14.3. The second kappa shape index (κ2) is 7.51. The highest BCUT2D eigenvalue weighted by atomic mass is 32.2. The summed E-state index contributed by atoms with van der Waals surface area (Å²) in [5, 5.41) is 8.00. The number of methoxy groups -OCH3 is 2. The van der Waals surface area contributed by atoms with Crippen molar-refractivity contribution in [1.82, 2.24) is 19.1 Å². The summed E-state index contributed by atoms with van der Waals surface area (Å²) in [6.07, 6.45) is 3.10. The molecule has 3 rings (SSSR count). The summed E-state index contributed by atoms with van der Waals surface area (Å²) in [6.45, 7) is 1.30. The van der Waals surface area contributed by atoms with Crippen molar-refractivity contribution in [2.75, 3.05) is 27.3 Å². The smallest absolute Gasteiger partial charge is 0.243 e. The van der Waals surface area contributed by atoms with Gasteiger partial charge in [-0.05, 0) is 25.0 Å².